The van der Waals surface area contributed by atoms with Crippen molar-refractivity contribution < 1.29 is 4.79 Å². The van der Waals surface area contributed by atoms with Crippen LogP contribution in [0.25, 0.3) is 0 Å². The summed E-state index contributed by atoms with van der Waals surface area (Å²) < 4.78 is 1.78. The van der Waals surface area contributed by atoms with E-state index in [-0.39, 0.29) is 5.78 Å². The Morgan fingerprint density at radius 3 is 2.88 bits per heavy atom. The van der Waals surface area contributed by atoms with E-state index in [1.807, 2.05) is 31.2 Å². The Balaban J connectivity index is 2.26. The van der Waals surface area contributed by atoms with Crippen LogP contribution in [0.2, 0.25) is 0 Å². The van der Waals surface area contributed by atoms with Crippen LogP contribution >= 0.6 is 0 Å². The maximum Gasteiger partial charge on any atom is 0.152 e. The third-order valence-corrected chi connectivity index (χ3v) is 2.28. The molecule has 0 aliphatic rings. The summed E-state index contributed by atoms with van der Waals surface area (Å²) in [5.74, 6) is 0.198. The monoisotopic (exact) mass is 230 g/mol. The minimum absolute atomic E-state index is 0.198. The van der Waals surface area contributed by atoms with Gasteiger partial charge in [0.05, 0.1) is 12.9 Å². The molecule has 90 valence electrons. The molecular weight excluding hydrogens is 212 g/mol. The number of hydrogen-bond donors (Lipinski definition) is 0. The van der Waals surface area contributed by atoms with E-state index in [4.69, 9.17) is 0 Å². The lowest BCUT2D eigenvalue weighted by Crippen LogP contribution is -2.08. The molecule has 0 saturated carbocycles. The smallest absolute Gasteiger partial charge is 0.152 e. The molecule has 1 heterocycles. The van der Waals surface area contributed by atoms with Crippen molar-refractivity contribution in [3.63, 3.8) is 0 Å². The van der Waals surface area contributed by atoms with Crippen molar-refractivity contribution in [1.29, 1.82) is 0 Å². The summed E-state index contributed by atoms with van der Waals surface area (Å²) in [6.07, 6.45) is 14.1. The number of nitrogens with zero attached hydrogens (tertiary/aromatic N) is 2. The van der Waals surface area contributed by atoms with Gasteiger partial charge in [0.15, 0.2) is 5.78 Å². The van der Waals surface area contributed by atoms with Crippen LogP contribution in [0.15, 0.2) is 55.2 Å². The molecule has 0 fully saturated rings. The summed E-state index contributed by atoms with van der Waals surface area (Å²) in [4.78, 5) is 15.5. The Morgan fingerprint density at radius 2 is 2.24 bits per heavy atom. The van der Waals surface area contributed by atoms with Gasteiger partial charge in [-0.2, -0.15) is 0 Å². The predicted octanol–water partition coefficient (Wildman–Crippen LogP) is 2.92. The standard InChI is InChI=1S/C14H18N2O/c1-3-4-5-6-13(2)7-8-14(17)11-16-10-9-15-12-16/h3-6,9-10,12H,2,7-8,11H2,1H3/b4-3-,6-5-. The molecule has 0 aliphatic carbocycles. The van der Waals surface area contributed by atoms with Crippen LogP contribution in [-0.2, 0) is 11.3 Å². The molecule has 0 spiro atoms. The highest BCUT2D eigenvalue weighted by atomic mass is 16.1. The van der Waals surface area contributed by atoms with Crippen LogP contribution in [0.1, 0.15) is 19.8 Å². The number of imidazole rings is 1. The van der Waals surface area contributed by atoms with Crippen LogP contribution in [0.3, 0.4) is 0 Å². The predicted molar refractivity (Wildman–Crippen MR) is 69.6 cm³/mol. The van der Waals surface area contributed by atoms with Crippen molar-refractivity contribution >= 4 is 5.78 Å². The highest BCUT2D eigenvalue weighted by Gasteiger charge is 2.02. The Morgan fingerprint density at radius 1 is 1.41 bits per heavy atom. The van der Waals surface area contributed by atoms with E-state index in [1.165, 1.54) is 0 Å². The molecule has 0 atom stereocenters. The van der Waals surface area contributed by atoms with E-state index >= 15 is 0 Å². The Labute approximate surface area is 102 Å². The molecule has 0 radical (unpaired) electrons. The number of carbonyl (C=O) groups is 1. The van der Waals surface area contributed by atoms with Gasteiger partial charge < -0.3 is 4.57 Å². The normalized spacial score (nSPS) is 11.4. The van der Waals surface area contributed by atoms with Gasteiger partial charge in [0.2, 0.25) is 0 Å². The van der Waals surface area contributed by atoms with Gasteiger partial charge in [0.25, 0.3) is 0 Å². The summed E-state index contributed by atoms with van der Waals surface area (Å²) in [6.45, 7) is 6.26. The second-order valence-corrected chi connectivity index (χ2v) is 3.82. The lowest BCUT2D eigenvalue weighted by atomic mass is 10.1. The van der Waals surface area contributed by atoms with Gasteiger partial charge in [-0.1, -0.05) is 36.5 Å². The zero-order chi connectivity index (χ0) is 12.5. The van der Waals surface area contributed by atoms with Crippen molar-refractivity contribution in [2.75, 3.05) is 0 Å². The molecule has 0 aliphatic heterocycles. The summed E-state index contributed by atoms with van der Waals surface area (Å²) >= 11 is 0. The van der Waals surface area contributed by atoms with E-state index in [9.17, 15) is 4.79 Å². The van der Waals surface area contributed by atoms with Gasteiger partial charge in [-0.05, 0) is 13.3 Å². The van der Waals surface area contributed by atoms with Gasteiger partial charge >= 0.3 is 0 Å². The van der Waals surface area contributed by atoms with Crippen molar-refractivity contribution in [1.82, 2.24) is 9.55 Å². The Bertz CT molecular complexity index is 413. The van der Waals surface area contributed by atoms with E-state index in [0.29, 0.717) is 19.4 Å². The topological polar surface area (TPSA) is 34.9 Å². The zero-order valence-corrected chi connectivity index (χ0v) is 10.2. The van der Waals surface area contributed by atoms with Crippen molar-refractivity contribution in [2.45, 2.75) is 26.3 Å². The van der Waals surface area contributed by atoms with Crippen LogP contribution in [0.5, 0.6) is 0 Å². The summed E-state index contributed by atoms with van der Waals surface area (Å²) in [5.41, 5.74) is 0.974. The number of ketones is 1. The van der Waals surface area contributed by atoms with Gasteiger partial charge in [-0.25, -0.2) is 4.98 Å². The maximum absolute atomic E-state index is 11.6. The van der Waals surface area contributed by atoms with E-state index in [2.05, 4.69) is 11.6 Å². The number of allylic oxidation sites excluding steroid dienone is 5. The molecule has 1 rings (SSSR count). The summed E-state index contributed by atoms with van der Waals surface area (Å²) in [7, 11) is 0. The van der Waals surface area contributed by atoms with Crippen molar-refractivity contribution in [3.05, 3.63) is 55.2 Å². The molecule has 3 heteroatoms. The highest BCUT2D eigenvalue weighted by Crippen LogP contribution is 2.05. The molecule has 3 nitrogen and oxygen atoms in total. The van der Waals surface area contributed by atoms with Gasteiger partial charge in [-0.15, -0.1) is 0 Å². The van der Waals surface area contributed by atoms with Gasteiger partial charge in [0.1, 0.15) is 0 Å². The lowest BCUT2D eigenvalue weighted by molar-refractivity contribution is -0.119. The minimum atomic E-state index is 0.198. The summed E-state index contributed by atoms with van der Waals surface area (Å²) in [6, 6.07) is 0. The molecule has 1 aromatic heterocycles. The number of carbonyl (C=O) groups excluding carboxylic acids is 1. The second kappa shape index (κ2) is 7.39. The van der Waals surface area contributed by atoms with Crippen molar-refractivity contribution in [2.24, 2.45) is 0 Å². The molecule has 0 bridgehead atoms. The van der Waals surface area contributed by atoms with Crippen LogP contribution in [-0.4, -0.2) is 15.3 Å². The van der Waals surface area contributed by atoms with Crippen LogP contribution in [0.4, 0.5) is 0 Å². The van der Waals surface area contributed by atoms with Crippen LogP contribution < -0.4 is 0 Å². The number of rotatable bonds is 7. The third-order valence-electron chi connectivity index (χ3n) is 2.28. The first-order chi connectivity index (χ1) is 8.22. The Hall–Kier alpha value is -1.90. The third kappa shape index (κ3) is 5.66. The fraction of sp³-hybridized carbons (Fsp3) is 0.286. The molecule has 0 unspecified atom stereocenters. The maximum atomic E-state index is 11.6. The van der Waals surface area contributed by atoms with Crippen LogP contribution in [0, 0.1) is 0 Å². The fourth-order valence-corrected chi connectivity index (χ4v) is 1.35. The molecule has 0 N–H and O–H groups in total. The first kappa shape index (κ1) is 13.2. The second-order valence-electron chi connectivity index (χ2n) is 3.82. The van der Waals surface area contributed by atoms with Crippen molar-refractivity contribution in [3.8, 4) is 0 Å². The number of Topliss-reactive ketones (excluding diaryl/α,β-unsaturated/α-hetero) is 1. The molecular formula is C14H18N2O. The van der Waals surface area contributed by atoms with E-state index in [1.54, 1.807) is 23.3 Å². The lowest BCUT2D eigenvalue weighted by Gasteiger charge is -2.01. The molecule has 1 aromatic rings. The SMILES string of the molecule is C=C(/C=C\C=C/C)CCC(=O)Cn1ccnc1. The minimum Gasteiger partial charge on any atom is -0.330 e. The fourth-order valence-electron chi connectivity index (χ4n) is 1.35. The largest absolute Gasteiger partial charge is 0.330 e. The first-order valence-electron chi connectivity index (χ1n) is 5.67. The first-order valence-corrected chi connectivity index (χ1v) is 5.67. The Kier molecular flexibility index (Phi) is 5.72. The molecule has 0 aromatic carbocycles. The molecule has 17 heavy (non-hydrogen) atoms. The number of hydrogen-bond acceptors (Lipinski definition) is 2. The van der Waals surface area contributed by atoms with Gasteiger partial charge in [-0.3, -0.25) is 4.79 Å². The average molecular weight is 230 g/mol. The summed E-state index contributed by atoms with van der Waals surface area (Å²) in [5, 5.41) is 0. The highest BCUT2D eigenvalue weighted by molar-refractivity contribution is 5.78. The van der Waals surface area contributed by atoms with E-state index < -0.39 is 0 Å². The zero-order valence-electron chi connectivity index (χ0n) is 10.2. The van der Waals surface area contributed by atoms with E-state index in [0.717, 1.165) is 5.57 Å². The molecule has 0 amide bonds. The molecule has 0 saturated heterocycles. The average Bonchev–Trinajstić information content (AvgIpc) is 2.79. The van der Waals surface area contributed by atoms with Gasteiger partial charge in [0, 0.05) is 18.8 Å². The quantitative estimate of drug-likeness (QED) is 0.675. The number of aromatic nitrogens is 2.